The summed E-state index contributed by atoms with van der Waals surface area (Å²) in [6.07, 6.45) is 7.33. The van der Waals surface area contributed by atoms with Crippen LogP contribution in [0.25, 0.3) is 0 Å². The van der Waals surface area contributed by atoms with Gasteiger partial charge in [-0.25, -0.2) is 0 Å². The summed E-state index contributed by atoms with van der Waals surface area (Å²) < 4.78 is 0. The van der Waals surface area contributed by atoms with Crippen LogP contribution in [0.3, 0.4) is 0 Å². The van der Waals surface area contributed by atoms with E-state index in [9.17, 15) is 4.79 Å². The molecule has 0 bridgehead atoms. The number of benzene rings is 1. The van der Waals surface area contributed by atoms with E-state index in [2.05, 4.69) is 54.1 Å². The molecule has 1 aromatic rings. The zero-order valence-electron chi connectivity index (χ0n) is 18.6. The predicted octanol–water partition coefficient (Wildman–Crippen LogP) is 4.15. The van der Waals surface area contributed by atoms with Crippen molar-refractivity contribution < 1.29 is 4.79 Å². The van der Waals surface area contributed by atoms with E-state index < -0.39 is 0 Å². The van der Waals surface area contributed by atoms with Gasteiger partial charge in [-0.2, -0.15) is 0 Å². The largest absolute Gasteiger partial charge is 0.369 e. The van der Waals surface area contributed by atoms with Crippen molar-refractivity contribution in [3.8, 4) is 0 Å². The molecule has 0 spiro atoms. The van der Waals surface area contributed by atoms with Crippen molar-refractivity contribution in [2.75, 3.05) is 37.6 Å². The predicted molar refractivity (Wildman–Crippen MR) is 120 cm³/mol. The van der Waals surface area contributed by atoms with Crippen LogP contribution in [0, 0.1) is 31.6 Å². The molecule has 29 heavy (non-hydrogen) atoms. The van der Waals surface area contributed by atoms with Crippen molar-refractivity contribution in [1.82, 2.24) is 10.2 Å². The minimum Gasteiger partial charge on any atom is -0.369 e. The monoisotopic (exact) mass is 397 g/mol. The molecule has 2 atom stereocenters. The maximum Gasteiger partial charge on any atom is 0.223 e. The van der Waals surface area contributed by atoms with Crippen molar-refractivity contribution in [3.63, 3.8) is 0 Å². The molecule has 0 aromatic heterocycles. The van der Waals surface area contributed by atoms with Gasteiger partial charge < -0.3 is 10.2 Å². The molecule has 4 heteroatoms. The van der Waals surface area contributed by atoms with E-state index in [4.69, 9.17) is 0 Å². The molecule has 2 saturated carbocycles. The topological polar surface area (TPSA) is 35.6 Å². The number of carbonyl (C=O) groups excluding carboxylic acids is 1. The zero-order chi connectivity index (χ0) is 20.4. The molecule has 1 heterocycles. The Hall–Kier alpha value is -1.55. The molecule has 1 saturated heterocycles. The lowest BCUT2D eigenvalue weighted by Crippen LogP contribution is -2.47. The molecule has 1 N–H and O–H groups in total. The Bertz CT molecular complexity index is 702. The Kier molecular flexibility index (Phi) is 6.48. The Labute approximate surface area is 177 Å². The standard InChI is InChI=1S/C25H39N3O/c1-4-20-7-9-22(10-8-20)26-25(29)23-16-21(23)17-27-11-13-28(14-12-27)24-15-18(2)5-6-19(24)3/h5-6,15,20-23H,4,7-14,16-17H2,1-3H3,(H,26,29)/t20?,21-,22?,23+/m1/s1. The Morgan fingerprint density at radius 1 is 1.07 bits per heavy atom. The van der Waals surface area contributed by atoms with E-state index in [0.29, 0.717) is 17.9 Å². The lowest BCUT2D eigenvalue weighted by Gasteiger charge is -2.37. The first kappa shape index (κ1) is 20.7. The number of carbonyl (C=O) groups is 1. The highest BCUT2D eigenvalue weighted by Gasteiger charge is 2.44. The molecule has 4 rings (SSSR count). The number of rotatable bonds is 6. The Balaban J connectivity index is 1.18. The fraction of sp³-hybridized carbons (Fsp3) is 0.720. The van der Waals surface area contributed by atoms with Gasteiger partial charge in [0.05, 0.1) is 0 Å². The molecule has 3 fully saturated rings. The van der Waals surface area contributed by atoms with Gasteiger partial charge >= 0.3 is 0 Å². The van der Waals surface area contributed by atoms with Crippen molar-refractivity contribution in [2.45, 2.75) is 65.3 Å². The van der Waals surface area contributed by atoms with E-state index in [1.807, 2.05) is 0 Å². The summed E-state index contributed by atoms with van der Waals surface area (Å²) in [5.41, 5.74) is 4.10. The maximum absolute atomic E-state index is 12.6. The van der Waals surface area contributed by atoms with Gasteiger partial charge in [-0.3, -0.25) is 9.69 Å². The van der Waals surface area contributed by atoms with Gasteiger partial charge in [-0.1, -0.05) is 25.5 Å². The third-order valence-corrected chi connectivity index (χ3v) is 7.60. The molecule has 2 aliphatic carbocycles. The number of nitrogens with zero attached hydrogens (tertiary/aromatic N) is 2. The van der Waals surface area contributed by atoms with Crippen molar-refractivity contribution in [2.24, 2.45) is 17.8 Å². The van der Waals surface area contributed by atoms with Gasteiger partial charge in [0.1, 0.15) is 0 Å². The van der Waals surface area contributed by atoms with Crippen LogP contribution in [0.5, 0.6) is 0 Å². The molecular weight excluding hydrogens is 358 g/mol. The van der Waals surface area contributed by atoms with Gasteiger partial charge in [0.25, 0.3) is 0 Å². The van der Waals surface area contributed by atoms with Gasteiger partial charge in [0.2, 0.25) is 5.91 Å². The first-order chi connectivity index (χ1) is 14.0. The quantitative estimate of drug-likeness (QED) is 0.783. The summed E-state index contributed by atoms with van der Waals surface area (Å²) in [5, 5.41) is 3.37. The van der Waals surface area contributed by atoms with Crippen molar-refractivity contribution >= 4 is 11.6 Å². The van der Waals surface area contributed by atoms with E-state index in [-0.39, 0.29) is 5.92 Å². The summed E-state index contributed by atoms with van der Waals surface area (Å²) in [7, 11) is 0. The summed E-state index contributed by atoms with van der Waals surface area (Å²) in [6, 6.07) is 7.19. The van der Waals surface area contributed by atoms with Crippen LogP contribution < -0.4 is 10.2 Å². The van der Waals surface area contributed by atoms with E-state index in [1.165, 1.54) is 48.9 Å². The second kappa shape index (κ2) is 9.07. The minimum atomic E-state index is 0.274. The molecule has 1 amide bonds. The van der Waals surface area contributed by atoms with Crippen LogP contribution in [0.4, 0.5) is 5.69 Å². The van der Waals surface area contributed by atoms with Crippen LogP contribution in [0.2, 0.25) is 0 Å². The zero-order valence-corrected chi connectivity index (χ0v) is 18.6. The smallest absolute Gasteiger partial charge is 0.223 e. The van der Waals surface area contributed by atoms with Gasteiger partial charge in [0.15, 0.2) is 0 Å². The molecule has 0 radical (unpaired) electrons. The molecular formula is C25H39N3O. The third-order valence-electron chi connectivity index (χ3n) is 7.60. The lowest BCUT2D eigenvalue weighted by atomic mass is 9.84. The molecule has 3 aliphatic rings. The molecule has 1 aromatic carbocycles. The summed E-state index contributed by atoms with van der Waals surface area (Å²) in [4.78, 5) is 17.8. The number of nitrogens with one attached hydrogen (secondary N) is 1. The van der Waals surface area contributed by atoms with Crippen LogP contribution in [-0.2, 0) is 4.79 Å². The van der Waals surface area contributed by atoms with Crippen LogP contribution in [-0.4, -0.2) is 49.6 Å². The fourth-order valence-corrected chi connectivity index (χ4v) is 5.36. The van der Waals surface area contributed by atoms with Crippen LogP contribution in [0.15, 0.2) is 18.2 Å². The molecule has 0 unspecified atom stereocenters. The number of anilines is 1. The van der Waals surface area contributed by atoms with Gasteiger partial charge in [-0.05, 0) is 75.0 Å². The normalized spacial score (nSPS) is 30.2. The molecule has 4 nitrogen and oxygen atoms in total. The number of aryl methyl sites for hydroxylation is 2. The number of hydrogen-bond acceptors (Lipinski definition) is 3. The minimum absolute atomic E-state index is 0.274. The molecule has 160 valence electrons. The summed E-state index contributed by atoms with van der Waals surface area (Å²) in [6.45, 7) is 12.2. The van der Waals surface area contributed by atoms with Crippen LogP contribution >= 0.6 is 0 Å². The Morgan fingerprint density at radius 3 is 2.48 bits per heavy atom. The highest BCUT2D eigenvalue weighted by molar-refractivity contribution is 5.81. The first-order valence-electron chi connectivity index (χ1n) is 11.9. The number of hydrogen-bond donors (Lipinski definition) is 1. The number of amides is 1. The van der Waals surface area contributed by atoms with Gasteiger partial charge in [0, 0.05) is 50.4 Å². The summed E-state index contributed by atoms with van der Waals surface area (Å²) >= 11 is 0. The van der Waals surface area contributed by atoms with Gasteiger partial charge in [-0.15, -0.1) is 0 Å². The highest BCUT2D eigenvalue weighted by Crippen LogP contribution is 2.40. The fourth-order valence-electron chi connectivity index (χ4n) is 5.36. The second-order valence-corrected chi connectivity index (χ2v) is 9.81. The average Bonchev–Trinajstić information content (AvgIpc) is 3.50. The van der Waals surface area contributed by atoms with Crippen LogP contribution in [0.1, 0.15) is 56.6 Å². The maximum atomic E-state index is 12.6. The van der Waals surface area contributed by atoms with E-state index in [1.54, 1.807) is 0 Å². The van der Waals surface area contributed by atoms with E-state index >= 15 is 0 Å². The van der Waals surface area contributed by atoms with Crippen molar-refractivity contribution in [1.29, 1.82) is 0 Å². The highest BCUT2D eigenvalue weighted by atomic mass is 16.2. The SMILES string of the molecule is CCC1CCC(NC(=O)[C@H]2C[C@@H]2CN2CCN(c3cc(C)ccc3C)CC2)CC1. The third kappa shape index (κ3) is 5.14. The van der Waals surface area contributed by atoms with Crippen molar-refractivity contribution in [3.05, 3.63) is 29.3 Å². The molecule has 1 aliphatic heterocycles. The lowest BCUT2D eigenvalue weighted by molar-refractivity contribution is -0.123. The second-order valence-electron chi connectivity index (χ2n) is 9.81. The Morgan fingerprint density at radius 2 is 1.79 bits per heavy atom. The number of piperazine rings is 1. The average molecular weight is 398 g/mol. The first-order valence-corrected chi connectivity index (χ1v) is 11.9. The summed E-state index contributed by atoms with van der Waals surface area (Å²) in [5.74, 6) is 2.08. The van der Waals surface area contributed by atoms with E-state index in [0.717, 1.165) is 45.1 Å².